The van der Waals surface area contributed by atoms with Crippen LogP contribution in [0.1, 0.15) is 51.2 Å². The van der Waals surface area contributed by atoms with Crippen molar-refractivity contribution in [2.45, 2.75) is 33.2 Å². The van der Waals surface area contributed by atoms with Gasteiger partial charge in [0.15, 0.2) is 5.82 Å². The topological polar surface area (TPSA) is 106 Å². The summed E-state index contributed by atoms with van der Waals surface area (Å²) in [4.78, 5) is 21.7. The van der Waals surface area contributed by atoms with Crippen molar-refractivity contribution in [1.29, 1.82) is 5.26 Å². The normalized spacial score (nSPS) is 16.6. The Hall–Kier alpha value is -4.17. The molecule has 0 N–H and O–H groups in total. The molecule has 0 spiro atoms. The van der Waals surface area contributed by atoms with Crippen LogP contribution in [0.4, 0.5) is 0 Å². The molecule has 0 amide bonds. The van der Waals surface area contributed by atoms with Crippen LogP contribution in [-0.2, 0) is 14.3 Å². The summed E-state index contributed by atoms with van der Waals surface area (Å²) in [6, 6.07) is 17.4. The molecule has 9 nitrogen and oxygen atoms in total. The molecule has 2 aromatic carbocycles. The Morgan fingerprint density at radius 1 is 1.07 bits per heavy atom. The summed E-state index contributed by atoms with van der Waals surface area (Å²) in [5, 5.41) is 19.2. The van der Waals surface area contributed by atoms with Gasteiger partial charge in [0.2, 0.25) is 0 Å². The molecule has 0 radical (unpaired) electrons. The molecular formula is C32H32N6O3S. The highest BCUT2D eigenvalue weighted by molar-refractivity contribution is 7.15. The zero-order valence-electron chi connectivity index (χ0n) is 24.0. The molecule has 1 fully saturated rings. The Kier molecular flexibility index (Phi) is 7.98. The smallest absolute Gasteiger partial charge is 0.308 e. The fraction of sp³-hybridized carbons (Fsp3) is 0.344. The van der Waals surface area contributed by atoms with Gasteiger partial charge in [-0.15, -0.1) is 21.5 Å². The van der Waals surface area contributed by atoms with E-state index in [0.717, 1.165) is 57.4 Å². The van der Waals surface area contributed by atoms with Crippen molar-refractivity contribution < 1.29 is 14.3 Å². The molecule has 0 bridgehead atoms. The molecule has 10 heteroatoms. The van der Waals surface area contributed by atoms with E-state index in [2.05, 4.69) is 47.1 Å². The number of nitriles is 1. The van der Waals surface area contributed by atoms with E-state index >= 15 is 0 Å². The largest absolute Gasteiger partial charge is 0.464 e. The molecule has 42 heavy (non-hydrogen) atoms. The molecule has 4 heterocycles. The fourth-order valence-electron chi connectivity index (χ4n) is 5.44. The van der Waals surface area contributed by atoms with Crippen LogP contribution in [0, 0.1) is 32.1 Å². The number of nitrogens with zero attached hydrogens (tertiary/aromatic N) is 6. The molecule has 1 saturated heterocycles. The number of carbonyl (C=O) groups excluding carboxylic acids is 1. The van der Waals surface area contributed by atoms with Crippen LogP contribution >= 0.6 is 11.3 Å². The van der Waals surface area contributed by atoms with E-state index in [-0.39, 0.29) is 12.4 Å². The van der Waals surface area contributed by atoms with Gasteiger partial charge in [0.05, 0.1) is 37.0 Å². The molecule has 6 rings (SSSR count). The quantitative estimate of drug-likeness (QED) is 0.285. The summed E-state index contributed by atoms with van der Waals surface area (Å²) in [6.45, 7) is 10.3. The lowest BCUT2D eigenvalue weighted by Crippen LogP contribution is -2.38. The number of morpholine rings is 1. The monoisotopic (exact) mass is 580 g/mol. The number of carbonyl (C=O) groups is 1. The Morgan fingerprint density at radius 3 is 2.60 bits per heavy atom. The number of hydrogen-bond donors (Lipinski definition) is 0. The third kappa shape index (κ3) is 5.51. The van der Waals surface area contributed by atoms with E-state index in [9.17, 15) is 10.1 Å². The number of aryl methyl sites for hydroxylation is 2. The van der Waals surface area contributed by atoms with Gasteiger partial charge in [-0.2, -0.15) is 5.26 Å². The number of rotatable bonds is 7. The third-order valence-corrected chi connectivity index (χ3v) is 9.05. The number of hydrogen-bond acceptors (Lipinski definition) is 9. The van der Waals surface area contributed by atoms with E-state index in [1.54, 1.807) is 17.4 Å². The predicted molar refractivity (Wildman–Crippen MR) is 161 cm³/mol. The lowest BCUT2D eigenvalue weighted by atomic mass is 9.96. The van der Waals surface area contributed by atoms with Crippen molar-refractivity contribution >= 4 is 23.0 Å². The zero-order chi connectivity index (χ0) is 29.2. The van der Waals surface area contributed by atoms with Gasteiger partial charge in [-0.05, 0) is 49.6 Å². The minimum atomic E-state index is -0.552. The first kappa shape index (κ1) is 28.0. The van der Waals surface area contributed by atoms with E-state index in [1.165, 1.54) is 4.88 Å². The zero-order valence-corrected chi connectivity index (χ0v) is 24.8. The first-order valence-electron chi connectivity index (χ1n) is 14.1. The number of thiophene rings is 1. The second-order valence-corrected chi connectivity index (χ2v) is 11.7. The number of benzene rings is 2. The fourth-order valence-corrected chi connectivity index (χ4v) is 6.66. The first-order valence-corrected chi connectivity index (χ1v) is 14.9. The summed E-state index contributed by atoms with van der Waals surface area (Å²) in [6.07, 6.45) is 0.0662. The summed E-state index contributed by atoms with van der Waals surface area (Å²) in [5.41, 5.74) is 6.55. The van der Waals surface area contributed by atoms with E-state index in [4.69, 9.17) is 14.5 Å². The van der Waals surface area contributed by atoms with Gasteiger partial charge >= 0.3 is 5.97 Å². The Morgan fingerprint density at radius 2 is 1.83 bits per heavy atom. The maximum absolute atomic E-state index is 13.1. The number of esters is 1. The van der Waals surface area contributed by atoms with Gasteiger partial charge in [0, 0.05) is 35.6 Å². The van der Waals surface area contributed by atoms with Crippen molar-refractivity contribution in [3.8, 4) is 22.2 Å². The molecule has 2 aromatic heterocycles. The van der Waals surface area contributed by atoms with Crippen LogP contribution in [0.5, 0.6) is 0 Å². The summed E-state index contributed by atoms with van der Waals surface area (Å²) < 4.78 is 13.1. The van der Waals surface area contributed by atoms with Gasteiger partial charge in [0.1, 0.15) is 23.5 Å². The molecule has 4 aromatic rings. The Labute approximate surface area is 249 Å². The molecule has 0 unspecified atom stereocenters. The highest BCUT2D eigenvalue weighted by atomic mass is 32.1. The maximum atomic E-state index is 13.1. The number of fused-ring (bicyclic) bond motifs is 3. The van der Waals surface area contributed by atoms with Gasteiger partial charge in [-0.1, -0.05) is 36.4 Å². The predicted octanol–water partition coefficient (Wildman–Crippen LogP) is 4.95. The standard InChI is InChI=1S/C32H32N6O3S/c1-20-21(2)42-32-29(20)30(25-9-7-24(8-10-25)26-6-4-5-23(17-26)19-33)34-27(31-36-35-22(3)38(31)32)18-28(39)41-16-13-37-11-14-40-15-12-37/h4-10,17,27H,11-16,18H2,1-3H3/t27-/m0/s1. The average molecular weight is 581 g/mol. The highest BCUT2D eigenvalue weighted by Crippen LogP contribution is 2.39. The lowest BCUT2D eigenvalue weighted by Gasteiger charge is -2.26. The van der Waals surface area contributed by atoms with Crippen molar-refractivity contribution in [3.05, 3.63) is 87.3 Å². The average Bonchev–Trinajstić information content (AvgIpc) is 3.49. The molecule has 0 saturated carbocycles. The maximum Gasteiger partial charge on any atom is 0.308 e. The molecule has 2 aliphatic rings. The van der Waals surface area contributed by atoms with Crippen LogP contribution in [0.2, 0.25) is 0 Å². The molecule has 1 atom stereocenters. The minimum absolute atomic E-state index is 0.0662. The molecule has 2 aliphatic heterocycles. The number of ether oxygens (including phenoxy) is 2. The molecule has 214 valence electrons. The second kappa shape index (κ2) is 12.0. The second-order valence-electron chi connectivity index (χ2n) is 10.5. The van der Waals surface area contributed by atoms with Gasteiger partial charge in [0.25, 0.3) is 0 Å². The first-order chi connectivity index (χ1) is 20.4. The van der Waals surface area contributed by atoms with Crippen LogP contribution < -0.4 is 0 Å². The van der Waals surface area contributed by atoms with Crippen LogP contribution in [0.25, 0.3) is 16.1 Å². The summed E-state index contributed by atoms with van der Waals surface area (Å²) in [5.74, 6) is 1.08. The van der Waals surface area contributed by atoms with Crippen LogP contribution in [0.3, 0.4) is 0 Å². The Balaban J connectivity index is 1.33. The van der Waals surface area contributed by atoms with Crippen molar-refractivity contribution in [2.24, 2.45) is 4.99 Å². The minimum Gasteiger partial charge on any atom is -0.464 e. The molecular weight excluding hydrogens is 548 g/mol. The summed E-state index contributed by atoms with van der Waals surface area (Å²) in [7, 11) is 0. The van der Waals surface area contributed by atoms with Crippen molar-refractivity contribution in [2.75, 3.05) is 39.5 Å². The van der Waals surface area contributed by atoms with Crippen LogP contribution in [0.15, 0.2) is 53.5 Å². The number of aromatic nitrogens is 3. The van der Waals surface area contributed by atoms with E-state index < -0.39 is 6.04 Å². The van der Waals surface area contributed by atoms with E-state index in [1.807, 2.05) is 41.8 Å². The Bertz CT molecular complexity index is 1690. The third-order valence-electron chi connectivity index (χ3n) is 7.86. The van der Waals surface area contributed by atoms with Gasteiger partial charge < -0.3 is 9.47 Å². The van der Waals surface area contributed by atoms with Crippen LogP contribution in [-0.4, -0.2) is 70.8 Å². The van der Waals surface area contributed by atoms with Gasteiger partial charge in [-0.3, -0.25) is 19.3 Å². The van der Waals surface area contributed by atoms with E-state index in [0.29, 0.717) is 37.8 Å². The summed E-state index contributed by atoms with van der Waals surface area (Å²) >= 11 is 1.68. The van der Waals surface area contributed by atoms with Crippen molar-refractivity contribution in [1.82, 2.24) is 19.7 Å². The van der Waals surface area contributed by atoms with Gasteiger partial charge in [-0.25, -0.2) is 0 Å². The van der Waals surface area contributed by atoms with Crippen molar-refractivity contribution in [3.63, 3.8) is 0 Å². The highest BCUT2D eigenvalue weighted by Gasteiger charge is 2.32. The molecule has 0 aliphatic carbocycles. The number of aliphatic imine (C=N–C) groups is 1. The SMILES string of the molecule is Cc1sc2c(c1C)C(c1ccc(-c3cccc(C#N)c3)cc1)=N[C@@H](CC(=O)OCCN1CCOCC1)c1nnc(C)n1-2. The lowest BCUT2D eigenvalue weighted by molar-refractivity contribution is -0.144.